The summed E-state index contributed by atoms with van der Waals surface area (Å²) in [5, 5.41) is 10.8. The number of hydrogen-bond acceptors (Lipinski definition) is 6. The molecule has 2 aromatic rings. The van der Waals surface area contributed by atoms with Gasteiger partial charge >= 0.3 is 0 Å². The largest absolute Gasteiger partial charge is 0.355 e. The number of nitrogens with one attached hydrogen (secondary N) is 2. The van der Waals surface area contributed by atoms with Crippen LogP contribution >= 0.6 is 23.4 Å². The van der Waals surface area contributed by atoms with Crippen LogP contribution in [0.2, 0.25) is 5.02 Å². The molecule has 1 unspecified atom stereocenters. The van der Waals surface area contributed by atoms with Crippen molar-refractivity contribution in [2.75, 3.05) is 25.4 Å². The maximum atomic E-state index is 12.8. The average Bonchev–Trinajstić information content (AvgIpc) is 3.10. The minimum atomic E-state index is -3.63. The van der Waals surface area contributed by atoms with Gasteiger partial charge in [0.2, 0.25) is 21.1 Å². The molecular weight excluding hydrogens is 422 g/mol. The summed E-state index contributed by atoms with van der Waals surface area (Å²) in [6, 6.07) is 6.08. The summed E-state index contributed by atoms with van der Waals surface area (Å²) in [5.74, 6) is 0.910. The van der Waals surface area contributed by atoms with Crippen LogP contribution in [-0.4, -0.2) is 59.2 Å². The van der Waals surface area contributed by atoms with Gasteiger partial charge in [0.05, 0.1) is 10.8 Å². The van der Waals surface area contributed by atoms with Crippen molar-refractivity contribution in [3.8, 4) is 0 Å². The highest BCUT2D eigenvalue weighted by atomic mass is 35.5. The number of hydrogen-bond donors (Lipinski definition) is 2. The van der Waals surface area contributed by atoms with Crippen molar-refractivity contribution in [1.29, 1.82) is 0 Å². The predicted molar refractivity (Wildman–Crippen MR) is 108 cm³/mol. The zero-order valence-electron chi connectivity index (χ0n) is 15.4. The van der Waals surface area contributed by atoms with Gasteiger partial charge in [0.1, 0.15) is 5.82 Å². The Morgan fingerprint density at radius 1 is 1.39 bits per heavy atom. The lowest BCUT2D eigenvalue weighted by Gasteiger charge is -2.31. The second kappa shape index (κ2) is 9.25. The molecule has 2 heterocycles. The van der Waals surface area contributed by atoms with Crippen molar-refractivity contribution in [3.63, 3.8) is 0 Å². The molecule has 1 saturated heterocycles. The lowest BCUT2D eigenvalue weighted by atomic mass is 9.99. The van der Waals surface area contributed by atoms with Crippen molar-refractivity contribution >= 4 is 39.3 Å². The fraction of sp³-hybridized carbons (Fsp3) is 0.471. The van der Waals surface area contributed by atoms with Crippen LogP contribution in [0.1, 0.15) is 18.7 Å². The SMILES string of the molecule is Cc1nc(SCCNC(=O)C2CCCN(S(=O)(=O)c3ccc(Cl)cc3)C2)n[nH]1. The predicted octanol–water partition coefficient (Wildman–Crippen LogP) is 2.08. The minimum absolute atomic E-state index is 0.122. The van der Waals surface area contributed by atoms with E-state index in [1.165, 1.54) is 28.2 Å². The highest BCUT2D eigenvalue weighted by Gasteiger charge is 2.33. The summed E-state index contributed by atoms with van der Waals surface area (Å²) in [6.45, 7) is 2.89. The molecule has 1 aromatic heterocycles. The fourth-order valence-corrected chi connectivity index (χ4v) is 5.33. The average molecular weight is 444 g/mol. The van der Waals surface area contributed by atoms with Crippen LogP contribution in [0.25, 0.3) is 0 Å². The van der Waals surface area contributed by atoms with Crippen LogP contribution < -0.4 is 5.32 Å². The zero-order valence-corrected chi connectivity index (χ0v) is 17.8. The van der Waals surface area contributed by atoms with Crippen LogP contribution in [-0.2, 0) is 14.8 Å². The van der Waals surface area contributed by atoms with Gasteiger partial charge in [-0.05, 0) is 44.0 Å². The van der Waals surface area contributed by atoms with E-state index < -0.39 is 10.0 Å². The molecule has 1 aromatic carbocycles. The second-order valence-electron chi connectivity index (χ2n) is 6.50. The number of sulfonamides is 1. The minimum Gasteiger partial charge on any atom is -0.355 e. The van der Waals surface area contributed by atoms with Gasteiger partial charge in [-0.25, -0.2) is 13.4 Å². The van der Waals surface area contributed by atoms with Crippen LogP contribution in [0.4, 0.5) is 0 Å². The first-order valence-electron chi connectivity index (χ1n) is 8.91. The molecule has 0 aliphatic carbocycles. The molecule has 152 valence electrons. The molecular formula is C17H22ClN5O3S2. The summed E-state index contributed by atoms with van der Waals surface area (Å²) in [7, 11) is -3.63. The Morgan fingerprint density at radius 3 is 2.82 bits per heavy atom. The van der Waals surface area contributed by atoms with E-state index in [-0.39, 0.29) is 23.3 Å². The van der Waals surface area contributed by atoms with Crippen molar-refractivity contribution in [1.82, 2.24) is 24.8 Å². The molecule has 2 N–H and O–H groups in total. The monoisotopic (exact) mass is 443 g/mol. The molecule has 1 aliphatic rings. The number of halogens is 1. The second-order valence-corrected chi connectivity index (χ2v) is 9.94. The third-order valence-corrected chi connectivity index (χ3v) is 7.40. The highest BCUT2D eigenvalue weighted by Crippen LogP contribution is 2.25. The smallest absolute Gasteiger partial charge is 0.243 e. The molecule has 11 heteroatoms. The number of aryl methyl sites for hydroxylation is 1. The Bertz CT molecular complexity index is 917. The van der Waals surface area contributed by atoms with E-state index in [2.05, 4.69) is 20.5 Å². The first kappa shape index (κ1) is 21.1. The third kappa shape index (κ3) is 5.25. The molecule has 1 amide bonds. The van der Waals surface area contributed by atoms with Gasteiger partial charge in [-0.2, -0.15) is 4.31 Å². The van der Waals surface area contributed by atoms with Crippen molar-refractivity contribution in [3.05, 3.63) is 35.1 Å². The number of piperidine rings is 1. The summed E-state index contributed by atoms with van der Waals surface area (Å²) in [5.41, 5.74) is 0. The topological polar surface area (TPSA) is 108 Å². The molecule has 0 radical (unpaired) electrons. The Balaban J connectivity index is 1.52. The van der Waals surface area contributed by atoms with Gasteiger partial charge in [0, 0.05) is 30.4 Å². The first-order chi connectivity index (χ1) is 13.4. The number of nitrogens with zero attached hydrogens (tertiary/aromatic N) is 3. The lowest BCUT2D eigenvalue weighted by Crippen LogP contribution is -2.45. The highest BCUT2D eigenvalue weighted by molar-refractivity contribution is 7.99. The standard InChI is InChI=1S/C17H22ClN5O3S2/c1-12-20-17(22-21-12)27-10-8-19-16(24)13-3-2-9-23(11-13)28(25,26)15-6-4-14(18)5-7-15/h4-7,13H,2-3,8-11H2,1H3,(H,19,24)(H,20,21,22). The van der Waals surface area contributed by atoms with E-state index in [1.54, 1.807) is 12.1 Å². The van der Waals surface area contributed by atoms with Crippen molar-refractivity contribution in [2.24, 2.45) is 5.92 Å². The Labute approximate surface area is 173 Å². The van der Waals surface area contributed by atoms with E-state index in [4.69, 9.17) is 11.6 Å². The normalized spacial score (nSPS) is 18.1. The van der Waals surface area contributed by atoms with E-state index in [0.717, 1.165) is 5.82 Å². The van der Waals surface area contributed by atoms with Gasteiger partial charge in [-0.1, -0.05) is 23.4 Å². The Hall–Kier alpha value is -1.62. The zero-order chi connectivity index (χ0) is 20.1. The number of carbonyl (C=O) groups excluding carboxylic acids is 1. The van der Waals surface area contributed by atoms with Gasteiger partial charge < -0.3 is 5.32 Å². The number of carbonyl (C=O) groups is 1. The molecule has 1 fully saturated rings. The molecule has 8 nitrogen and oxygen atoms in total. The fourth-order valence-electron chi connectivity index (χ4n) is 2.98. The van der Waals surface area contributed by atoms with Crippen LogP contribution in [0.3, 0.4) is 0 Å². The quantitative estimate of drug-likeness (QED) is 0.501. The number of aromatic amines is 1. The Kier molecular flexibility index (Phi) is 6.97. The number of rotatable bonds is 7. The van der Waals surface area contributed by atoms with E-state index in [9.17, 15) is 13.2 Å². The van der Waals surface area contributed by atoms with Crippen LogP contribution in [0.5, 0.6) is 0 Å². The van der Waals surface area contributed by atoms with Gasteiger partial charge in [-0.15, -0.1) is 5.10 Å². The van der Waals surface area contributed by atoms with Crippen LogP contribution in [0, 0.1) is 12.8 Å². The summed E-state index contributed by atoms with van der Waals surface area (Å²) < 4.78 is 27.0. The van der Waals surface area contributed by atoms with Crippen molar-refractivity contribution in [2.45, 2.75) is 29.8 Å². The van der Waals surface area contributed by atoms with E-state index in [0.29, 0.717) is 41.9 Å². The molecule has 0 saturated carbocycles. The van der Waals surface area contributed by atoms with Gasteiger partial charge in [0.15, 0.2) is 0 Å². The molecule has 28 heavy (non-hydrogen) atoms. The lowest BCUT2D eigenvalue weighted by molar-refractivity contribution is -0.125. The summed E-state index contributed by atoms with van der Waals surface area (Å²) >= 11 is 7.29. The molecule has 0 spiro atoms. The van der Waals surface area contributed by atoms with Gasteiger partial charge in [0.25, 0.3) is 0 Å². The third-order valence-electron chi connectivity index (χ3n) is 4.42. The number of amides is 1. The molecule has 1 aliphatic heterocycles. The molecule has 0 bridgehead atoms. The summed E-state index contributed by atoms with van der Waals surface area (Å²) in [6.07, 6.45) is 1.32. The maximum Gasteiger partial charge on any atom is 0.243 e. The molecule has 1 atom stereocenters. The Morgan fingerprint density at radius 2 is 2.14 bits per heavy atom. The number of thioether (sulfide) groups is 1. The molecule has 3 rings (SSSR count). The van der Waals surface area contributed by atoms with Gasteiger partial charge in [-0.3, -0.25) is 9.89 Å². The van der Waals surface area contributed by atoms with Crippen molar-refractivity contribution < 1.29 is 13.2 Å². The number of aromatic nitrogens is 3. The van der Waals surface area contributed by atoms with E-state index >= 15 is 0 Å². The van der Waals surface area contributed by atoms with Crippen LogP contribution in [0.15, 0.2) is 34.3 Å². The van der Waals surface area contributed by atoms with E-state index in [1.807, 2.05) is 6.92 Å². The number of H-pyrrole nitrogens is 1. The number of benzene rings is 1. The maximum absolute atomic E-state index is 12.8. The first-order valence-corrected chi connectivity index (χ1v) is 11.7. The summed E-state index contributed by atoms with van der Waals surface area (Å²) in [4.78, 5) is 16.9.